The van der Waals surface area contributed by atoms with Crippen LogP contribution in [0.3, 0.4) is 0 Å². The van der Waals surface area contributed by atoms with Gasteiger partial charge in [0.05, 0.1) is 19.2 Å². The van der Waals surface area contributed by atoms with E-state index in [1.165, 1.54) is 18.9 Å². The number of amides is 3. The van der Waals surface area contributed by atoms with Crippen molar-refractivity contribution in [2.75, 3.05) is 34.3 Å². The fourth-order valence-electron chi connectivity index (χ4n) is 4.63. The molecule has 1 aromatic rings. The predicted octanol–water partition coefficient (Wildman–Crippen LogP) is 2.59. The van der Waals surface area contributed by atoms with Crippen LogP contribution in [0.25, 0.3) is 0 Å². The molecule has 0 saturated carbocycles. The van der Waals surface area contributed by atoms with E-state index in [0.29, 0.717) is 0 Å². The predicted molar refractivity (Wildman–Crippen MR) is 149 cm³/mol. The van der Waals surface area contributed by atoms with Crippen molar-refractivity contribution in [2.45, 2.75) is 78.9 Å². The first-order chi connectivity index (χ1) is 17.5. The van der Waals surface area contributed by atoms with E-state index in [-0.39, 0.29) is 36.7 Å². The SMILES string of the molecule is CN[C@H](C(=O)N[C@H](C(=O)N(C)[C@H](CN(CC(=O)OC)C(C)=O)C(C)C)C(C)(C)C)C(C)(C)c1ccccc1. The van der Waals surface area contributed by atoms with Crippen LogP contribution in [0.4, 0.5) is 0 Å². The number of methoxy groups -OCH3 is 1. The molecule has 0 bridgehead atoms. The Labute approximate surface area is 228 Å². The first kappa shape index (κ1) is 33.1. The van der Waals surface area contributed by atoms with Crippen molar-refractivity contribution in [1.29, 1.82) is 0 Å². The molecule has 9 heteroatoms. The van der Waals surface area contributed by atoms with Gasteiger partial charge in [-0.1, -0.05) is 78.8 Å². The molecule has 0 radical (unpaired) electrons. The maximum atomic E-state index is 13.9. The van der Waals surface area contributed by atoms with E-state index < -0.39 is 34.9 Å². The molecule has 3 amide bonds. The summed E-state index contributed by atoms with van der Waals surface area (Å²) in [6.07, 6.45) is 0. The van der Waals surface area contributed by atoms with Crippen molar-refractivity contribution in [1.82, 2.24) is 20.4 Å². The maximum absolute atomic E-state index is 13.9. The minimum atomic E-state index is -0.824. The summed E-state index contributed by atoms with van der Waals surface area (Å²) in [6, 6.07) is 7.97. The molecule has 0 fully saturated rings. The molecular formula is C29H48N4O5. The molecule has 9 nitrogen and oxygen atoms in total. The second kappa shape index (κ2) is 13.7. The lowest BCUT2D eigenvalue weighted by Gasteiger charge is -2.41. The Kier molecular flexibility index (Phi) is 12.0. The summed E-state index contributed by atoms with van der Waals surface area (Å²) in [6.45, 7) is 15.0. The number of hydrogen-bond acceptors (Lipinski definition) is 6. The van der Waals surface area contributed by atoms with Crippen molar-refractivity contribution in [2.24, 2.45) is 11.3 Å². The Morgan fingerprint density at radius 2 is 1.53 bits per heavy atom. The van der Waals surface area contributed by atoms with Crippen molar-refractivity contribution < 1.29 is 23.9 Å². The molecule has 0 aromatic heterocycles. The molecule has 3 atom stereocenters. The molecule has 2 N–H and O–H groups in total. The van der Waals surface area contributed by atoms with E-state index in [2.05, 4.69) is 10.6 Å². The first-order valence-electron chi connectivity index (χ1n) is 13.1. The van der Waals surface area contributed by atoms with Crippen LogP contribution in [0.5, 0.6) is 0 Å². The minimum absolute atomic E-state index is 0.0261. The van der Waals surface area contributed by atoms with Crippen molar-refractivity contribution >= 4 is 23.7 Å². The van der Waals surface area contributed by atoms with Crippen LogP contribution in [0, 0.1) is 11.3 Å². The zero-order valence-corrected chi connectivity index (χ0v) is 25.0. The highest BCUT2D eigenvalue weighted by molar-refractivity contribution is 5.91. The van der Waals surface area contributed by atoms with Gasteiger partial charge in [-0.05, 0) is 23.9 Å². The molecule has 0 aliphatic heterocycles. The van der Waals surface area contributed by atoms with E-state index in [1.54, 1.807) is 19.0 Å². The van der Waals surface area contributed by atoms with Crippen molar-refractivity contribution in [3.05, 3.63) is 35.9 Å². The highest BCUT2D eigenvalue weighted by atomic mass is 16.5. The van der Waals surface area contributed by atoms with Gasteiger partial charge in [-0.3, -0.25) is 19.2 Å². The summed E-state index contributed by atoms with van der Waals surface area (Å²) in [5.74, 6) is -1.39. The van der Waals surface area contributed by atoms with Gasteiger partial charge in [0.25, 0.3) is 0 Å². The molecule has 0 heterocycles. The van der Waals surface area contributed by atoms with E-state index in [4.69, 9.17) is 4.74 Å². The summed E-state index contributed by atoms with van der Waals surface area (Å²) in [4.78, 5) is 54.7. The highest BCUT2D eigenvalue weighted by Crippen LogP contribution is 2.29. The van der Waals surface area contributed by atoms with Gasteiger partial charge < -0.3 is 25.2 Å². The number of esters is 1. The Morgan fingerprint density at radius 3 is 1.95 bits per heavy atom. The number of carbonyl (C=O) groups excluding carboxylic acids is 4. The normalized spacial score (nSPS) is 14.3. The van der Waals surface area contributed by atoms with Gasteiger partial charge in [0.15, 0.2) is 0 Å². The van der Waals surface area contributed by atoms with Gasteiger partial charge in [-0.25, -0.2) is 0 Å². The topological polar surface area (TPSA) is 108 Å². The average Bonchev–Trinajstić information content (AvgIpc) is 2.83. The number of ether oxygens (including phenoxy) is 1. The van der Waals surface area contributed by atoms with Crippen LogP contribution >= 0.6 is 0 Å². The number of rotatable bonds is 12. The van der Waals surface area contributed by atoms with Gasteiger partial charge >= 0.3 is 5.97 Å². The minimum Gasteiger partial charge on any atom is -0.468 e. The summed E-state index contributed by atoms with van der Waals surface area (Å²) >= 11 is 0. The van der Waals surface area contributed by atoms with E-state index in [0.717, 1.165) is 5.56 Å². The number of nitrogens with zero attached hydrogens (tertiary/aromatic N) is 2. The van der Waals surface area contributed by atoms with Gasteiger partial charge in [0.2, 0.25) is 17.7 Å². The third-order valence-corrected chi connectivity index (χ3v) is 7.20. The van der Waals surface area contributed by atoms with Crippen molar-refractivity contribution in [3.8, 4) is 0 Å². The smallest absolute Gasteiger partial charge is 0.325 e. The molecule has 1 aromatic carbocycles. The quantitative estimate of drug-likeness (QED) is 0.401. The summed E-state index contributed by atoms with van der Waals surface area (Å²) < 4.78 is 4.73. The fourth-order valence-corrected chi connectivity index (χ4v) is 4.63. The Hall–Kier alpha value is -2.94. The molecule has 0 unspecified atom stereocenters. The monoisotopic (exact) mass is 532 g/mol. The fraction of sp³-hybridized carbons (Fsp3) is 0.655. The molecule has 0 saturated heterocycles. The molecule has 1 rings (SSSR count). The first-order valence-corrected chi connectivity index (χ1v) is 13.1. The van der Waals surface area contributed by atoms with E-state index >= 15 is 0 Å². The third kappa shape index (κ3) is 8.55. The standard InChI is InChI=1S/C29H48N4O5/c1-19(2)22(17-33(20(3)34)18-23(35)38-11)32(10)27(37)25(28(4,5)6)31-26(36)24(30-9)29(7,8)21-15-13-12-14-16-21/h12-16,19,22,24-25,30H,17-18H2,1-11H3,(H,31,36)/t22-,24-,25-/m1/s1. The largest absolute Gasteiger partial charge is 0.468 e. The number of carbonyl (C=O) groups is 4. The molecule has 0 aliphatic rings. The van der Waals surface area contributed by atoms with Crippen LogP contribution in [0.2, 0.25) is 0 Å². The van der Waals surface area contributed by atoms with Crippen LogP contribution in [-0.4, -0.2) is 85.9 Å². The Balaban J connectivity index is 3.27. The third-order valence-electron chi connectivity index (χ3n) is 7.20. The number of likely N-dealkylation sites (N-methyl/N-ethyl adjacent to an activating group) is 2. The van der Waals surface area contributed by atoms with Gasteiger partial charge in [-0.15, -0.1) is 0 Å². The van der Waals surface area contributed by atoms with Gasteiger partial charge in [0, 0.05) is 25.9 Å². The molecule has 0 spiro atoms. The lowest BCUT2D eigenvalue weighted by molar-refractivity contribution is -0.148. The van der Waals surface area contributed by atoms with Crippen LogP contribution in [0.15, 0.2) is 30.3 Å². The number of nitrogens with one attached hydrogen (secondary N) is 2. The lowest BCUT2D eigenvalue weighted by atomic mass is 9.76. The number of hydrogen-bond donors (Lipinski definition) is 2. The Morgan fingerprint density at radius 1 is 0.974 bits per heavy atom. The zero-order chi connectivity index (χ0) is 29.4. The second-order valence-electron chi connectivity index (χ2n) is 11.9. The molecular weight excluding hydrogens is 484 g/mol. The second-order valence-corrected chi connectivity index (χ2v) is 11.9. The lowest BCUT2D eigenvalue weighted by Crippen LogP contribution is -2.62. The number of benzene rings is 1. The van der Waals surface area contributed by atoms with Crippen LogP contribution in [-0.2, 0) is 29.3 Å². The van der Waals surface area contributed by atoms with Crippen LogP contribution < -0.4 is 10.6 Å². The molecule has 214 valence electrons. The summed E-state index contributed by atoms with van der Waals surface area (Å²) in [7, 11) is 4.68. The van der Waals surface area contributed by atoms with Crippen LogP contribution in [0.1, 0.15) is 61.0 Å². The average molecular weight is 533 g/mol. The molecule has 38 heavy (non-hydrogen) atoms. The van der Waals surface area contributed by atoms with E-state index in [9.17, 15) is 19.2 Å². The zero-order valence-electron chi connectivity index (χ0n) is 25.0. The van der Waals surface area contributed by atoms with Gasteiger partial charge in [-0.2, -0.15) is 0 Å². The van der Waals surface area contributed by atoms with E-state index in [1.807, 2.05) is 78.8 Å². The van der Waals surface area contributed by atoms with Crippen molar-refractivity contribution in [3.63, 3.8) is 0 Å². The maximum Gasteiger partial charge on any atom is 0.325 e. The summed E-state index contributed by atoms with van der Waals surface area (Å²) in [5, 5.41) is 6.17. The highest BCUT2D eigenvalue weighted by Gasteiger charge is 2.42. The summed E-state index contributed by atoms with van der Waals surface area (Å²) in [5.41, 5.74) is -0.141. The Bertz CT molecular complexity index is 955. The van der Waals surface area contributed by atoms with Gasteiger partial charge in [0.1, 0.15) is 12.6 Å². The molecule has 0 aliphatic carbocycles.